The van der Waals surface area contributed by atoms with Crippen LogP contribution in [0.2, 0.25) is 0 Å². The molecule has 0 bridgehead atoms. The second kappa shape index (κ2) is 12.0. The van der Waals surface area contributed by atoms with E-state index in [0.29, 0.717) is 37.0 Å². The predicted octanol–water partition coefficient (Wildman–Crippen LogP) is 2.88. The summed E-state index contributed by atoms with van der Waals surface area (Å²) in [6, 6.07) is 5.56. The number of carbonyl (C=O) groups is 1. The van der Waals surface area contributed by atoms with Crippen molar-refractivity contribution in [2.75, 3.05) is 52.5 Å². The lowest BCUT2D eigenvalue weighted by molar-refractivity contribution is -0.119. The summed E-state index contributed by atoms with van der Waals surface area (Å²) < 4.78 is 15.8. The van der Waals surface area contributed by atoms with Gasteiger partial charge in [-0.2, -0.15) is 0 Å². The Morgan fingerprint density at radius 2 is 1.85 bits per heavy atom. The number of ether oxygens (including phenoxy) is 3. The SMILES string of the molecule is COCCN(C(=O)CCC1CCNCC1)c1ccc(OC)c(OC)c1.Cl. The number of halogens is 1. The fraction of sp³-hybridized carbons (Fsp3) is 0.632. The molecule has 1 fully saturated rings. The van der Waals surface area contributed by atoms with Crippen molar-refractivity contribution in [3.05, 3.63) is 18.2 Å². The normalized spacial score (nSPS) is 14.4. The van der Waals surface area contributed by atoms with Crippen LogP contribution in [0.3, 0.4) is 0 Å². The van der Waals surface area contributed by atoms with E-state index in [1.165, 1.54) is 0 Å². The second-order valence-electron chi connectivity index (χ2n) is 6.31. The number of hydrogen-bond acceptors (Lipinski definition) is 5. The summed E-state index contributed by atoms with van der Waals surface area (Å²) in [6.45, 7) is 3.13. The molecule has 0 aliphatic carbocycles. The van der Waals surface area contributed by atoms with Gasteiger partial charge in [-0.3, -0.25) is 4.79 Å². The summed E-state index contributed by atoms with van der Waals surface area (Å²) in [5.74, 6) is 2.04. The van der Waals surface area contributed by atoms with Crippen molar-refractivity contribution in [2.24, 2.45) is 5.92 Å². The first-order valence-electron chi connectivity index (χ1n) is 8.91. The maximum atomic E-state index is 12.8. The molecule has 1 aromatic rings. The monoisotopic (exact) mass is 386 g/mol. The van der Waals surface area contributed by atoms with Gasteiger partial charge in [0, 0.05) is 31.8 Å². The largest absolute Gasteiger partial charge is 0.493 e. The standard InChI is InChI=1S/C19H30N2O4.ClH/c1-23-13-12-21(16-5-6-17(24-2)18(14-16)25-3)19(22)7-4-15-8-10-20-11-9-15;/h5-6,14-15,20H,4,7-13H2,1-3H3;1H. The summed E-state index contributed by atoms with van der Waals surface area (Å²) in [6.07, 6.45) is 3.81. The molecule has 0 saturated carbocycles. The van der Waals surface area contributed by atoms with E-state index in [4.69, 9.17) is 14.2 Å². The van der Waals surface area contributed by atoms with Gasteiger partial charge in [-0.05, 0) is 50.4 Å². The van der Waals surface area contributed by atoms with Crippen molar-refractivity contribution in [3.8, 4) is 11.5 Å². The second-order valence-corrected chi connectivity index (χ2v) is 6.31. The van der Waals surface area contributed by atoms with Crippen molar-refractivity contribution >= 4 is 24.0 Å². The Morgan fingerprint density at radius 3 is 2.46 bits per heavy atom. The average molecular weight is 387 g/mol. The number of piperidine rings is 1. The van der Waals surface area contributed by atoms with E-state index in [0.717, 1.165) is 38.0 Å². The van der Waals surface area contributed by atoms with E-state index in [1.807, 2.05) is 18.2 Å². The van der Waals surface area contributed by atoms with E-state index in [-0.39, 0.29) is 18.3 Å². The number of carbonyl (C=O) groups excluding carboxylic acids is 1. The molecule has 6 nitrogen and oxygen atoms in total. The molecule has 0 atom stereocenters. The number of benzene rings is 1. The van der Waals surface area contributed by atoms with Crippen LogP contribution in [0.15, 0.2) is 18.2 Å². The van der Waals surface area contributed by atoms with E-state index in [9.17, 15) is 4.79 Å². The number of rotatable bonds is 9. The van der Waals surface area contributed by atoms with Gasteiger partial charge in [-0.25, -0.2) is 0 Å². The van der Waals surface area contributed by atoms with Crippen LogP contribution >= 0.6 is 12.4 Å². The number of methoxy groups -OCH3 is 3. The van der Waals surface area contributed by atoms with Crippen molar-refractivity contribution < 1.29 is 19.0 Å². The van der Waals surface area contributed by atoms with Crippen molar-refractivity contribution in [1.82, 2.24) is 5.32 Å². The zero-order chi connectivity index (χ0) is 18.1. The molecule has 1 aliphatic heterocycles. The minimum absolute atomic E-state index is 0. The van der Waals surface area contributed by atoms with E-state index < -0.39 is 0 Å². The van der Waals surface area contributed by atoms with E-state index in [2.05, 4.69) is 5.32 Å². The summed E-state index contributed by atoms with van der Waals surface area (Å²) in [5.41, 5.74) is 0.810. The van der Waals surface area contributed by atoms with Crippen molar-refractivity contribution in [1.29, 1.82) is 0 Å². The molecule has 1 saturated heterocycles. The highest BCUT2D eigenvalue weighted by Crippen LogP contribution is 2.32. The third kappa shape index (κ3) is 6.34. The third-order valence-corrected chi connectivity index (χ3v) is 4.72. The zero-order valence-corrected chi connectivity index (χ0v) is 16.8. The molecule has 0 spiro atoms. The molecular formula is C19H31ClN2O4. The highest BCUT2D eigenvalue weighted by atomic mass is 35.5. The first kappa shape index (κ1) is 22.5. The van der Waals surface area contributed by atoms with E-state index in [1.54, 1.807) is 26.2 Å². The van der Waals surface area contributed by atoms with E-state index >= 15 is 0 Å². The highest BCUT2D eigenvalue weighted by Gasteiger charge is 2.20. The van der Waals surface area contributed by atoms with Gasteiger partial charge in [0.15, 0.2) is 11.5 Å². The van der Waals surface area contributed by atoms with Gasteiger partial charge in [0.25, 0.3) is 0 Å². The molecule has 1 N–H and O–H groups in total. The fourth-order valence-corrected chi connectivity index (χ4v) is 3.21. The number of anilines is 1. The molecule has 1 aliphatic rings. The molecule has 148 valence electrons. The van der Waals surface area contributed by atoms with Crippen molar-refractivity contribution in [3.63, 3.8) is 0 Å². The molecule has 26 heavy (non-hydrogen) atoms. The van der Waals surface area contributed by atoms with Gasteiger partial charge in [-0.15, -0.1) is 12.4 Å². The Hall–Kier alpha value is -1.50. The first-order valence-corrected chi connectivity index (χ1v) is 8.91. The molecule has 1 aromatic carbocycles. The summed E-state index contributed by atoms with van der Waals surface area (Å²) >= 11 is 0. The molecule has 7 heteroatoms. The van der Waals surface area contributed by atoms with Crippen LogP contribution in [0.4, 0.5) is 5.69 Å². The average Bonchev–Trinajstić information content (AvgIpc) is 2.67. The van der Waals surface area contributed by atoms with Gasteiger partial charge in [0.1, 0.15) is 0 Å². The van der Waals surface area contributed by atoms with Gasteiger partial charge in [-0.1, -0.05) is 0 Å². The van der Waals surface area contributed by atoms with Crippen molar-refractivity contribution in [2.45, 2.75) is 25.7 Å². The van der Waals surface area contributed by atoms with Gasteiger partial charge >= 0.3 is 0 Å². The lowest BCUT2D eigenvalue weighted by Gasteiger charge is -2.26. The lowest BCUT2D eigenvalue weighted by Crippen LogP contribution is -2.35. The maximum Gasteiger partial charge on any atom is 0.227 e. The van der Waals surface area contributed by atoms with Crippen LogP contribution < -0.4 is 19.7 Å². The number of amides is 1. The predicted molar refractivity (Wildman–Crippen MR) is 106 cm³/mol. The van der Waals surface area contributed by atoms with Crippen LogP contribution in [0.5, 0.6) is 11.5 Å². The molecule has 0 radical (unpaired) electrons. The maximum absolute atomic E-state index is 12.8. The highest BCUT2D eigenvalue weighted by molar-refractivity contribution is 5.93. The lowest BCUT2D eigenvalue weighted by atomic mass is 9.93. The number of nitrogens with one attached hydrogen (secondary N) is 1. The minimum atomic E-state index is 0. The topological polar surface area (TPSA) is 60.0 Å². The molecule has 2 rings (SSSR count). The van der Waals surface area contributed by atoms with Crippen LogP contribution in [-0.2, 0) is 9.53 Å². The summed E-state index contributed by atoms with van der Waals surface area (Å²) in [5, 5.41) is 3.36. The zero-order valence-electron chi connectivity index (χ0n) is 16.0. The Kier molecular flexibility index (Phi) is 10.4. The Bertz CT molecular complexity index is 550. The quantitative estimate of drug-likeness (QED) is 0.707. The van der Waals surface area contributed by atoms with Crippen LogP contribution in [0, 0.1) is 5.92 Å². The van der Waals surface area contributed by atoms with Crippen LogP contribution in [0.1, 0.15) is 25.7 Å². The molecule has 0 unspecified atom stereocenters. The first-order chi connectivity index (χ1) is 12.2. The third-order valence-electron chi connectivity index (χ3n) is 4.72. The Balaban J connectivity index is 0.00000338. The van der Waals surface area contributed by atoms with Gasteiger partial charge < -0.3 is 24.4 Å². The number of nitrogens with zero attached hydrogens (tertiary/aromatic N) is 1. The molecular weight excluding hydrogens is 356 g/mol. The number of hydrogen-bond donors (Lipinski definition) is 1. The van der Waals surface area contributed by atoms with Crippen LogP contribution in [-0.4, -0.2) is 53.5 Å². The summed E-state index contributed by atoms with van der Waals surface area (Å²) in [4.78, 5) is 14.6. The molecule has 1 amide bonds. The fourth-order valence-electron chi connectivity index (χ4n) is 3.21. The molecule has 0 aromatic heterocycles. The smallest absolute Gasteiger partial charge is 0.227 e. The van der Waals surface area contributed by atoms with Gasteiger partial charge in [0.05, 0.1) is 20.8 Å². The van der Waals surface area contributed by atoms with Crippen LogP contribution in [0.25, 0.3) is 0 Å². The minimum Gasteiger partial charge on any atom is -0.493 e. The van der Waals surface area contributed by atoms with Gasteiger partial charge in [0.2, 0.25) is 5.91 Å². The summed E-state index contributed by atoms with van der Waals surface area (Å²) in [7, 11) is 4.84. The Labute approximate surface area is 162 Å². The molecule has 1 heterocycles. The Morgan fingerprint density at radius 1 is 1.15 bits per heavy atom.